The monoisotopic (exact) mass is 296 g/mol. The van der Waals surface area contributed by atoms with Crippen molar-refractivity contribution in [2.45, 2.75) is 95.1 Å². The average Bonchev–Trinajstić information content (AvgIpc) is 3.01. The lowest BCUT2D eigenvalue weighted by Gasteiger charge is -2.35. The second-order valence-electron chi connectivity index (χ2n) is 7.18. The molecular formula is C18H36N2O. The van der Waals surface area contributed by atoms with E-state index >= 15 is 0 Å². The fraction of sp³-hybridized carbons (Fsp3) is 1.00. The number of hydrogen-bond donors (Lipinski definition) is 2. The number of nitrogens with two attached hydrogens (primary N) is 1. The molecule has 124 valence electrons. The SMILES string of the molecule is NCC1(NCC2CCCO2)CCCCCCCCCCC1. The normalized spacial score (nSPS) is 28.7. The van der Waals surface area contributed by atoms with Gasteiger partial charge in [-0.05, 0) is 25.7 Å². The van der Waals surface area contributed by atoms with Crippen molar-refractivity contribution in [1.29, 1.82) is 0 Å². The number of hydrogen-bond acceptors (Lipinski definition) is 3. The van der Waals surface area contributed by atoms with Gasteiger partial charge in [-0.15, -0.1) is 0 Å². The molecule has 0 amide bonds. The van der Waals surface area contributed by atoms with Gasteiger partial charge in [-0.1, -0.05) is 57.8 Å². The molecular weight excluding hydrogens is 260 g/mol. The van der Waals surface area contributed by atoms with E-state index < -0.39 is 0 Å². The molecule has 3 nitrogen and oxygen atoms in total. The fourth-order valence-corrected chi connectivity index (χ4v) is 3.88. The molecule has 1 aliphatic heterocycles. The first kappa shape index (κ1) is 17.2. The minimum Gasteiger partial charge on any atom is -0.377 e. The molecule has 1 atom stereocenters. The van der Waals surface area contributed by atoms with Crippen LogP contribution in [0.1, 0.15) is 83.5 Å². The van der Waals surface area contributed by atoms with Gasteiger partial charge in [-0.3, -0.25) is 0 Å². The molecule has 1 aliphatic carbocycles. The van der Waals surface area contributed by atoms with Crippen molar-refractivity contribution in [2.24, 2.45) is 5.73 Å². The van der Waals surface area contributed by atoms with E-state index in [1.807, 2.05) is 0 Å². The molecule has 0 spiro atoms. The third-order valence-corrected chi connectivity index (χ3v) is 5.43. The number of rotatable bonds is 4. The minimum atomic E-state index is 0.172. The Hall–Kier alpha value is -0.120. The van der Waals surface area contributed by atoms with Crippen molar-refractivity contribution in [1.82, 2.24) is 5.32 Å². The van der Waals surface area contributed by atoms with Gasteiger partial charge < -0.3 is 15.8 Å². The second kappa shape index (κ2) is 9.81. The highest BCUT2D eigenvalue weighted by molar-refractivity contribution is 4.90. The van der Waals surface area contributed by atoms with Gasteiger partial charge in [0.15, 0.2) is 0 Å². The molecule has 2 aliphatic rings. The summed E-state index contributed by atoms with van der Waals surface area (Å²) in [4.78, 5) is 0. The summed E-state index contributed by atoms with van der Waals surface area (Å²) in [6.45, 7) is 2.72. The fourth-order valence-electron chi connectivity index (χ4n) is 3.88. The van der Waals surface area contributed by atoms with Crippen molar-refractivity contribution in [3.63, 3.8) is 0 Å². The van der Waals surface area contributed by atoms with Crippen LogP contribution >= 0.6 is 0 Å². The van der Waals surface area contributed by atoms with Crippen LogP contribution in [0.15, 0.2) is 0 Å². The first-order valence-electron chi connectivity index (χ1n) is 9.41. The molecule has 0 radical (unpaired) electrons. The van der Waals surface area contributed by atoms with Gasteiger partial charge in [0, 0.05) is 25.2 Å². The van der Waals surface area contributed by atoms with Crippen molar-refractivity contribution >= 4 is 0 Å². The molecule has 0 aromatic heterocycles. The number of nitrogens with one attached hydrogen (secondary N) is 1. The van der Waals surface area contributed by atoms with Crippen LogP contribution in [0.3, 0.4) is 0 Å². The van der Waals surface area contributed by atoms with Crippen LogP contribution in [0, 0.1) is 0 Å². The Balaban J connectivity index is 1.83. The molecule has 0 aromatic carbocycles. The Morgan fingerprint density at radius 1 is 0.857 bits per heavy atom. The molecule has 1 unspecified atom stereocenters. The third-order valence-electron chi connectivity index (χ3n) is 5.43. The Morgan fingerprint density at radius 3 is 1.90 bits per heavy atom. The summed E-state index contributed by atoms with van der Waals surface area (Å²) in [7, 11) is 0. The maximum atomic E-state index is 6.20. The van der Waals surface area contributed by atoms with E-state index in [-0.39, 0.29) is 5.54 Å². The van der Waals surface area contributed by atoms with Crippen LogP contribution < -0.4 is 11.1 Å². The average molecular weight is 296 g/mol. The molecule has 2 fully saturated rings. The summed E-state index contributed by atoms with van der Waals surface area (Å²) < 4.78 is 5.77. The lowest BCUT2D eigenvalue weighted by atomic mass is 9.85. The van der Waals surface area contributed by atoms with Gasteiger partial charge in [0.25, 0.3) is 0 Å². The van der Waals surface area contributed by atoms with Gasteiger partial charge in [-0.25, -0.2) is 0 Å². The Morgan fingerprint density at radius 2 is 1.43 bits per heavy atom. The zero-order valence-electron chi connectivity index (χ0n) is 13.9. The molecule has 1 saturated carbocycles. The molecule has 0 bridgehead atoms. The maximum Gasteiger partial charge on any atom is 0.0700 e. The minimum absolute atomic E-state index is 0.172. The molecule has 1 saturated heterocycles. The van der Waals surface area contributed by atoms with E-state index in [4.69, 9.17) is 10.5 Å². The van der Waals surface area contributed by atoms with E-state index in [0.717, 1.165) is 19.7 Å². The summed E-state index contributed by atoms with van der Waals surface area (Å²) in [6.07, 6.45) is 17.9. The Labute approximate surface area is 131 Å². The van der Waals surface area contributed by atoms with Crippen LogP contribution in [0.2, 0.25) is 0 Å². The molecule has 2 rings (SSSR count). The van der Waals surface area contributed by atoms with Crippen LogP contribution in [0.4, 0.5) is 0 Å². The largest absolute Gasteiger partial charge is 0.377 e. The van der Waals surface area contributed by atoms with Crippen LogP contribution in [0.25, 0.3) is 0 Å². The lowest BCUT2D eigenvalue weighted by Crippen LogP contribution is -2.53. The highest BCUT2D eigenvalue weighted by atomic mass is 16.5. The molecule has 1 heterocycles. The molecule has 0 aromatic rings. The standard InChI is InChI=1S/C18H36N2O/c19-16-18(20-15-17-11-10-14-21-17)12-8-6-4-2-1-3-5-7-9-13-18/h17,20H,1-16,19H2. The number of ether oxygens (including phenoxy) is 1. The zero-order valence-corrected chi connectivity index (χ0v) is 13.9. The van der Waals surface area contributed by atoms with Gasteiger partial charge in [0.1, 0.15) is 0 Å². The topological polar surface area (TPSA) is 47.3 Å². The highest BCUT2D eigenvalue weighted by Crippen LogP contribution is 2.25. The summed E-state index contributed by atoms with van der Waals surface area (Å²) >= 11 is 0. The molecule has 21 heavy (non-hydrogen) atoms. The third kappa shape index (κ3) is 6.25. The van der Waals surface area contributed by atoms with Crippen molar-refractivity contribution < 1.29 is 4.74 Å². The van der Waals surface area contributed by atoms with Crippen LogP contribution in [-0.2, 0) is 4.74 Å². The molecule has 3 heteroatoms. The van der Waals surface area contributed by atoms with Gasteiger partial charge in [-0.2, -0.15) is 0 Å². The van der Waals surface area contributed by atoms with E-state index in [9.17, 15) is 0 Å². The zero-order chi connectivity index (χ0) is 14.8. The van der Waals surface area contributed by atoms with Gasteiger partial charge >= 0.3 is 0 Å². The highest BCUT2D eigenvalue weighted by Gasteiger charge is 2.29. The van der Waals surface area contributed by atoms with Crippen molar-refractivity contribution in [3.8, 4) is 0 Å². The predicted octanol–water partition coefficient (Wildman–Crippen LogP) is 3.76. The van der Waals surface area contributed by atoms with E-state index in [1.165, 1.54) is 83.5 Å². The predicted molar refractivity (Wildman–Crippen MR) is 89.5 cm³/mol. The smallest absolute Gasteiger partial charge is 0.0700 e. The first-order valence-corrected chi connectivity index (χ1v) is 9.41. The first-order chi connectivity index (χ1) is 10.3. The molecule has 3 N–H and O–H groups in total. The van der Waals surface area contributed by atoms with Crippen LogP contribution in [0.5, 0.6) is 0 Å². The lowest BCUT2D eigenvalue weighted by molar-refractivity contribution is 0.0977. The van der Waals surface area contributed by atoms with Crippen molar-refractivity contribution in [3.05, 3.63) is 0 Å². The van der Waals surface area contributed by atoms with E-state index in [2.05, 4.69) is 5.32 Å². The van der Waals surface area contributed by atoms with E-state index in [1.54, 1.807) is 0 Å². The van der Waals surface area contributed by atoms with Crippen molar-refractivity contribution in [2.75, 3.05) is 19.7 Å². The Kier molecular flexibility index (Phi) is 8.05. The van der Waals surface area contributed by atoms with Gasteiger partial charge in [0.05, 0.1) is 6.10 Å². The van der Waals surface area contributed by atoms with E-state index in [0.29, 0.717) is 6.10 Å². The maximum absolute atomic E-state index is 6.20. The van der Waals surface area contributed by atoms with Crippen LogP contribution in [-0.4, -0.2) is 31.3 Å². The summed E-state index contributed by atoms with van der Waals surface area (Å²) in [5.74, 6) is 0. The van der Waals surface area contributed by atoms with Gasteiger partial charge in [0.2, 0.25) is 0 Å². The summed E-state index contributed by atoms with van der Waals surface area (Å²) in [6, 6.07) is 0. The summed E-state index contributed by atoms with van der Waals surface area (Å²) in [5, 5.41) is 3.83. The second-order valence-corrected chi connectivity index (χ2v) is 7.18. The summed E-state index contributed by atoms with van der Waals surface area (Å²) in [5.41, 5.74) is 6.37. The quantitative estimate of drug-likeness (QED) is 0.830. The Bertz CT molecular complexity index is 252.